The Balaban J connectivity index is 2.57. The van der Waals surface area contributed by atoms with E-state index >= 15 is 0 Å². The maximum atomic E-state index is 12.4. The Morgan fingerprint density at radius 3 is 1.85 bits per heavy atom. The molecular formula is C12H14F6OSi. The Labute approximate surface area is 114 Å². The van der Waals surface area contributed by atoms with E-state index in [-0.39, 0.29) is 12.5 Å². The maximum Gasteiger partial charge on any atom is 0.426 e. The summed E-state index contributed by atoms with van der Waals surface area (Å²) in [5.74, 6) is 0. The fourth-order valence-corrected chi connectivity index (χ4v) is 3.31. The van der Waals surface area contributed by atoms with Crippen molar-refractivity contribution in [2.75, 3.05) is 0 Å². The van der Waals surface area contributed by atoms with Crippen LogP contribution in [0.2, 0.25) is 6.04 Å². The molecule has 0 spiro atoms. The lowest BCUT2D eigenvalue weighted by atomic mass is 9.97. The van der Waals surface area contributed by atoms with Crippen LogP contribution in [0.4, 0.5) is 26.3 Å². The highest BCUT2D eigenvalue weighted by Gasteiger charge is 2.69. The van der Waals surface area contributed by atoms with E-state index in [1.807, 2.05) is 0 Å². The van der Waals surface area contributed by atoms with Gasteiger partial charge in [0.05, 0.1) is 9.52 Å². The molecule has 0 aliphatic carbocycles. The van der Waals surface area contributed by atoms with E-state index in [1.165, 1.54) is 0 Å². The standard InChI is InChI=1S/C12H14F6OSi/c13-11(14,15)10(19,12(16,17)18)7-4-8-20-9-5-2-1-3-6-9/h1-3,5-6,19H,4,7-8,20H2. The second-order valence-electron chi connectivity index (χ2n) is 4.55. The zero-order valence-corrected chi connectivity index (χ0v) is 11.8. The van der Waals surface area contributed by atoms with Crippen molar-refractivity contribution in [3.63, 3.8) is 0 Å². The molecule has 114 valence electrons. The third-order valence-electron chi connectivity index (χ3n) is 3.03. The highest BCUT2D eigenvalue weighted by Crippen LogP contribution is 2.45. The minimum Gasteiger partial charge on any atom is -0.374 e. The summed E-state index contributed by atoms with van der Waals surface area (Å²) in [5.41, 5.74) is -4.61. The maximum absolute atomic E-state index is 12.4. The van der Waals surface area contributed by atoms with E-state index in [0.29, 0.717) is 0 Å². The van der Waals surface area contributed by atoms with Gasteiger partial charge in [0.2, 0.25) is 0 Å². The number of halogens is 6. The number of alkyl halides is 6. The van der Waals surface area contributed by atoms with Crippen molar-refractivity contribution in [2.45, 2.75) is 36.8 Å². The van der Waals surface area contributed by atoms with Crippen LogP contribution in [-0.4, -0.2) is 32.6 Å². The summed E-state index contributed by atoms with van der Waals surface area (Å²) in [5, 5.41) is 9.91. The highest BCUT2D eigenvalue weighted by atomic mass is 28.2. The zero-order valence-electron chi connectivity index (χ0n) is 10.4. The van der Waals surface area contributed by atoms with Gasteiger partial charge < -0.3 is 5.11 Å². The van der Waals surface area contributed by atoms with Crippen LogP contribution in [0.1, 0.15) is 12.8 Å². The number of benzene rings is 1. The molecule has 0 amide bonds. The first-order chi connectivity index (χ1) is 9.08. The Morgan fingerprint density at radius 1 is 0.900 bits per heavy atom. The van der Waals surface area contributed by atoms with E-state index in [2.05, 4.69) is 0 Å². The van der Waals surface area contributed by atoms with Gasteiger partial charge in [-0.25, -0.2) is 0 Å². The molecule has 0 bridgehead atoms. The zero-order chi connectivity index (χ0) is 15.4. The van der Waals surface area contributed by atoms with E-state index < -0.39 is 33.9 Å². The molecule has 0 radical (unpaired) electrons. The van der Waals surface area contributed by atoms with Gasteiger partial charge in [-0.2, -0.15) is 26.3 Å². The summed E-state index contributed by atoms with van der Waals surface area (Å²) in [7, 11) is -0.914. The molecule has 0 aliphatic rings. The van der Waals surface area contributed by atoms with Gasteiger partial charge in [-0.05, 0) is 6.42 Å². The SMILES string of the molecule is OC(CCC[SiH2]c1ccccc1)(C(F)(F)F)C(F)(F)F. The van der Waals surface area contributed by atoms with Crippen LogP contribution in [0, 0.1) is 0 Å². The van der Waals surface area contributed by atoms with Gasteiger partial charge in [-0.1, -0.05) is 48.0 Å². The topological polar surface area (TPSA) is 20.2 Å². The van der Waals surface area contributed by atoms with Crippen LogP contribution in [0.5, 0.6) is 0 Å². The van der Waals surface area contributed by atoms with Gasteiger partial charge in [0.25, 0.3) is 5.60 Å². The predicted octanol–water partition coefficient (Wildman–Crippen LogP) is 2.53. The fourth-order valence-electron chi connectivity index (χ4n) is 1.80. The second kappa shape index (κ2) is 6.17. The van der Waals surface area contributed by atoms with E-state index in [1.54, 1.807) is 30.3 Å². The summed E-state index contributed by atoms with van der Waals surface area (Å²) in [6.45, 7) is 0. The molecule has 0 aliphatic heterocycles. The van der Waals surface area contributed by atoms with Crippen LogP contribution < -0.4 is 5.19 Å². The molecule has 1 nitrogen and oxygen atoms in total. The van der Waals surface area contributed by atoms with E-state index in [0.717, 1.165) is 5.19 Å². The number of rotatable bonds is 5. The minimum absolute atomic E-state index is 0.276. The third-order valence-corrected chi connectivity index (χ3v) is 4.94. The monoisotopic (exact) mass is 316 g/mol. The first kappa shape index (κ1) is 17.0. The first-order valence-electron chi connectivity index (χ1n) is 5.98. The Bertz CT molecular complexity index is 400. The van der Waals surface area contributed by atoms with Gasteiger partial charge in [-0.3, -0.25) is 0 Å². The molecule has 0 atom stereocenters. The van der Waals surface area contributed by atoms with Gasteiger partial charge in [0.15, 0.2) is 0 Å². The van der Waals surface area contributed by atoms with Crippen LogP contribution in [0.25, 0.3) is 0 Å². The van der Waals surface area contributed by atoms with E-state index in [9.17, 15) is 26.3 Å². The summed E-state index contributed by atoms with van der Waals surface area (Å²) >= 11 is 0. The Kier molecular flexibility index (Phi) is 5.25. The molecule has 0 heterocycles. The lowest BCUT2D eigenvalue weighted by Gasteiger charge is -2.32. The van der Waals surface area contributed by atoms with Crippen LogP contribution in [0.3, 0.4) is 0 Å². The molecule has 0 fully saturated rings. The van der Waals surface area contributed by atoms with Crippen molar-refractivity contribution >= 4 is 14.7 Å². The average Bonchev–Trinajstić information content (AvgIpc) is 2.33. The highest BCUT2D eigenvalue weighted by molar-refractivity contribution is 6.53. The van der Waals surface area contributed by atoms with Crippen molar-refractivity contribution in [2.24, 2.45) is 0 Å². The summed E-state index contributed by atoms with van der Waals surface area (Å²) in [4.78, 5) is 0. The smallest absolute Gasteiger partial charge is 0.374 e. The van der Waals surface area contributed by atoms with Crippen molar-refractivity contribution < 1.29 is 31.4 Å². The number of hydrogen-bond donors (Lipinski definition) is 1. The molecule has 1 N–H and O–H groups in total. The normalized spacial score (nSPS) is 14.2. The summed E-state index contributed by atoms with van der Waals surface area (Å²) in [6.07, 6.45) is -13.1. The van der Waals surface area contributed by atoms with Crippen LogP contribution in [-0.2, 0) is 0 Å². The van der Waals surface area contributed by atoms with Crippen LogP contribution >= 0.6 is 0 Å². The molecule has 20 heavy (non-hydrogen) atoms. The summed E-state index contributed by atoms with van der Waals surface area (Å²) in [6, 6.07) is 9.19. The first-order valence-corrected chi connectivity index (χ1v) is 7.68. The number of aliphatic hydroxyl groups is 1. The molecular weight excluding hydrogens is 302 g/mol. The fraction of sp³-hybridized carbons (Fsp3) is 0.500. The average molecular weight is 316 g/mol. The lowest BCUT2D eigenvalue weighted by molar-refractivity contribution is -0.369. The molecule has 8 heteroatoms. The molecule has 1 rings (SSSR count). The third kappa shape index (κ3) is 3.98. The van der Waals surface area contributed by atoms with Crippen molar-refractivity contribution in [1.29, 1.82) is 0 Å². The second-order valence-corrected chi connectivity index (χ2v) is 6.57. The van der Waals surface area contributed by atoms with Gasteiger partial charge in [0.1, 0.15) is 0 Å². The Hall–Kier alpha value is -1.02. The minimum atomic E-state index is -5.71. The predicted molar refractivity (Wildman–Crippen MR) is 65.7 cm³/mol. The molecule has 0 saturated carbocycles. The van der Waals surface area contributed by atoms with Crippen molar-refractivity contribution in [1.82, 2.24) is 0 Å². The largest absolute Gasteiger partial charge is 0.426 e. The molecule has 0 saturated heterocycles. The quantitative estimate of drug-likeness (QED) is 0.503. The van der Waals surface area contributed by atoms with Gasteiger partial charge in [-0.15, -0.1) is 0 Å². The molecule has 1 aromatic rings. The molecule has 0 unspecified atom stereocenters. The van der Waals surface area contributed by atoms with Gasteiger partial charge >= 0.3 is 12.4 Å². The van der Waals surface area contributed by atoms with E-state index in [4.69, 9.17) is 5.11 Å². The van der Waals surface area contributed by atoms with Gasteiger partial charge in [0, 0.05) is 0 Å². The van der Waals surface area contributed by atoms with Crippen molar-refractivity contribution in [3.8, 4) is 0 Å². The Morgan fingerprint density at radius 2 is 1.40 bits per heavy atom. The lowest BCUT2D eigenvalue weighted by Crippen LogP contribution is -2.56. The van der Waals surface area contributed by atoms with Crippen LogP contribution in [0.15, 0.2) is 30.3 Å². The summed E-state index contributed by atoms with van der Waals surface area (Å²) < 4.78 is 74.4. The van der Waals surface area contributed by atoms with Crippen molar-refractivity contribution in [3.05, 3.63) is 30.3 Å². The molecule has 0 aromatic heterocycles. The molecule has 1 aromatic carbocycles. The number of hydrogen-bond acceptors (Lipinski definition) is 1.